The summed E-state index contributed by atoms with van der Waals surface area (Å²) < 4.78 is 18.4. The number of carbonyl (C=O) groups excluding carboxylic acids is 4. The summed E-state index contributed by atoms with van der Waals surface area (Å²) in [6.07, 6.45) is 0. The zero-order chi connectivity index (χ0) is 13.6. The minimum Gasteiger partial charge on any atom is -0.412 e. The maximum Gasteiger partial charge on any atom is -0.412 e. The van der Waals surface area contributed by atoms with Crippen LogP contribution in [0.3, 0.4) is 0 Å². The van der Waals surface area contributed by atoms with Crippen molar-refractivity contribution in [2.45, 2.75) is 27.7 Å². The molecule has 0 aliphatic heterocycles. The Balaban J connectivity index is -0.000000427. The van der Waals surface area contributed by atoms with Crippen molar-refractivity contribution in [3.05, 3.63) is 0 Å². The van der Waals surface area contributed by atoms with Gasteiger partial charge in [-0.15, -0.1) is 0 Å². The molecule has 11 nitrogen and oxygen atoms in total. The summed E-state index contributed by atoms with van der Waals surface area (Å²) in [4.78, 5) is 43.4. The first kappa shape index (κ1) is 27.0. The van der Waals surface area contributed by atoms with Crippen LogP contribution in [0, 0.1) is 0 Å². The summed E-state index contributed by atoms with van der Waals surface area (Å²) >= 11 is -5.28. The predicted molar refractivity (Wildman–Crippen MR) is 63.7 cm³/mol. The second-order valence-electron chi connectivity index (χ2n) is 2.87. The average Bonchev–Trinajstić information content (AvgIpc) is 1.95. The van der Waals surface area contributed by atoms with Crippen molar-refractivity contribution < 1.29 is 47.9 Å². The van der Waals surface area contributed by atoms with Gasteiger partial charge in [-0.25, -0.2) is 0 Å². The molecule has 0 rings (SSSR count). The second kappa shape index (κ2) is 11.4. The van der Waals surface area contributed by atoms with Crippen molar-refractivity contribution in [2.24, 2.45) is 0 Å². The molecular weight excluding hydrogens is 391 g/mol. The van der Waals surface area contributed by atoms with E-state index in [0.29, 0.717) is 0 Å². The Morgan fingerprint density at radius 3 is 0.800 bits per heavy atom. The molecule has 0 aliphatic rings. The van der Waals surface area contributed by atoms with Crippen molar-refractivity contribution in [3.63, 3.8) is 0 Å². The fraction of sp³-hybridized carbons (Fsp3) is 0.500. The van der Waals surface area contributed by atoms with Crippen LogP contribution in [0.15, 0.2) is 0 Å². The molecule has 120 valence electrons. The Bertz CT molecular complexity index is 283. The third kappa shape index (κ3) is 11.6. The molecule has 0 saturated heterocycles. The van der Waals surface area contributed by atoms with Gasteiger partial charge in [0.05, 0.1) is 0 Å². The van der Waals surface area contributed by atoms with E-state index in [1.165, 1.54) is 0 Å². The average molecular weight is 409 g/mol. The van der Waals surface area contributed by atoms with Crippen LogP contribution >= 0.6 is 0 Å². The molecule has 0 radical (unpaired) electrons. The quantitative estimate of drug-likeness (QED) is 0.443. The Hall–Kier alpha value is -1.44. The van der Waals surface area contributed by atoms with Gasteiger partial charge < -0.3 is 16.4 Å². The molecule has 12 heteroatoms. The topological polar surface area (TPSA) is 200 Å². The maximum absolute atomic E-state index is 10.9. The first-order chi connectivity index (χ1) is 7.67. The van der Waals surface area contributed by atoms with Crippen molar-refractivity contribution in [1.29, 1.82) is 0 Å². The summed E-state index contributed by atoms with van der Waals surface area (Å²) in [7, 11) is 0. The van der Waals surface area contributed by atoms with Crippen LogP contribution in [-0.4, -0.2) is 60.3 Å². The fourth-order valence-electron chi connectivity index (χ4n) is 0.829. The number of hydrogen-bond acceptors (Lipinski definition) is 8. The van der Waals surface area contributed by atoms with Gasteiger partial charge in [0.2, 0.25) is 0 Å². The van der Waals surface area contributed by atoms with E-state index in [-0.39, 0.29) is 16.4 Å². The predicted octanol–water partition coefficient (Wildman–Crippen LogP) is -2.80. The summed E-state index contributed by atoms with van der Waals surface area (Å²) in [5.41, 5.74) is 0. The van der Waals surface area contributed by atoms with Gasteiger partial charge in [0, 0.05) is 0 Å². The molecule has 0 aliphatic carbocycles. The first-order valence-electron chi connectivity index (χ1n) is 4.45. The molecule has 6 N–H and O–H groups in total. The third-order valence-corrected chi connectivity index (χ3v) is 7.21. The van der Waals surface area contributed by atoms with Gasteiger partial charge in [-0.1, -0.05) is 0 Å². The normalized spacial score (nSPS) is 8.60. The van der Waals surface area contributed by atoms with Crippen molar-refractivity contribution in [3.8, 4) is 0 Å². The SMILES string of the molecule is CC(=O)[O][Sn]([O]C(C)=O)([O]C(C)=O)[O]C(C)=O.O.O.O. The molecule has 0 aromatic rings. The summed E-state index contributed by atoms with van der Waals surface area (Å²) in [6, 6.07) is 0. The second-order valence-corrected chi connectivity index (χ2v) is 8.06. The first-order valence-corrected chi connectivity index (χ1v) is 9.11. The van der Waals surface area contributed by atoms with Crippen molar-refractivity contribution >= 4 is 43.9 Å². The standard InChI is InChI=1S/4C2H4O2.3H2O.Sn/c4*1-2(3)4;;;;/h4*1H3,(H,3,4);3*1H2;/q;;;;;;;+4/p-4. The van der Waals surface area contributed by atoms with Gasteiger partial charge in [0.1, 0.15) is 0 Å². The van der Waals surface area contributed by atoms with Gasteiger partial charge in [0.15, 0.2) is 0 Å². The van der Waals surface area contributed by atoms with Crippen LogP contribution in [0.5, 0.6) is 0 Å². The van der Waals surface area contributed by atoms with Gasteiger partial charge in [-0.2, -0.15) is 0 Å². The van der Waals surface area contributed by atoms with Crippen LogP contribution in [-0.2, 0) is 31.5 Å². The molecule has 0 saturated carbocycles. The van der Waals surface area contributed by atoms with Gasteiger partial charge in [-0.3, -0.25) is 0 Å². The summed E-state index contributed by atoms with van der Waals surface area (Å²) in [5, 5.41) is 0. The molecule has 0 fully saturated rings. The molecule has 0 atom stereocenters. The Morgan fingerprint density at radius 1 is 0.550 bits per heavy atom. The van der Waals surface area contributed by atoms with Gasteiger partial charge in [0.25, 0.3) is 0 Å². The molecule has 20 heavy (non-hydrogen) atoms. The molecule has 0 spiro atoms. The van der Waals surface area contributed by atoms with E-state index in [2.05, 4.69) is 12.3 Å². The summed E-state index contributed by atoms with van der Waals surface area (Å²) in [6.45, 7) is 4.01. The van der Waals surface area contributed by atoms with Crippen LogP contribution in [0.25, 0.3) is 0 Å². The molecule has 0 unspecified atom stereocenters. The molecule has 0 aromatic carbocycles. The molecule has 0 bridgehead atoms. The monoisotopic (exact) mass is 410 g/mol. The fourth-order valence-corrected chi connectivity index (χ4v) is 5.56. The van der Waals surface area contributed by atoms with E-state index < -0.39 is 43.9 Å². The van der Waals surface area contributed by atoms with Crippen molar-refractivity contribution in [2.75, 3.05) is 0 Å². The Labute approximate surface area is 120 Å². The van der Waals surface area contributed by atoms with E-state index in [9.17, 15) is 19.2 Å². The summed E-state index contributed by atoms with van der Waals surface area (Å²) in [5.74, 6) is -3.54. The minimum atomic E-state index is -5.28. The van der Waals surface area contributed by atoms with Gasteiger partial charge >= 0.3 is 103 Å². The molecule has 0 aromatic heterocycles. The van der Waals surface area contributed by atoms with Crippen molar-refractivity contribution in [1.82, 2.24) is 0 Å². The number of carbonyl (C=O) groups is 4. The number of hydrogen-bond donors (Lipinski definition) is 0. The largest absolute Gasteiger partial charge is 0.412 e. The molecule has 0 amide bonds. The minimum absolute atomic E-state index is 0. The Morgan fingerprint density at radius 2 is 0.700 bits per heavy atom. The van der Waals surface area contributed by atoms with E-state index in [0.717, 1.165) is 27.7 Å². The van der Waals surface area contributed by atoms with E-state index in [1.807, 2.05) is 0 Å². The van der Waals surface area contributed by atoms with Crippen LogP contribution < -0.4 is 0 Å². The van der Waals surface area contributed by atoms with Crippen LogP contribution in [0.4, 0.5) is 0 Å². The smallest absolute Gasteiger partial charge is 0.412 e. The molecular formula is C8H18O11Sn. The number of rotatable bonds is 4. The van der Waals surface area contributed by atoms with E-state index in [1.54, 1.807) is 0 Å². The molecule has 0 heterocycles. The zero-order valence-electron chi connectivity index (χ0n) is 11.3. The van der Waals surface area contributed by atoms with Crippen LogP contribution in [0.1, 0.15) is 27.7 Å². The van der Waals surface area contributed by atoms with E-state index >= 15 is 0 Å². The van der Waals surface area contributed by atoms with E-state index in [4.69, 9.17) is 0 Å². The Kier molecular flexibility index (Phi) is 15.4. The third-order valence-electron chi connectivity index (χ3n) is 1.07. The zero-order valence-corrected chi connectivity index (χ0v) is 14.1. The maximum atomic E-state index is 10.9. The van der Waals surface area contributed by atoms with Gasteiger partial charge in [-0.05, 0) is 0 Å². The van der Waals surface area contributed by atoms with Crippen LogP contribution in [0.2, 0.25) is 0 Å².